The van der Waals surface area contributed by atoms with Crippen LogP contribution < -0.4 is 10.6 Å². The summed E-state index contributed by atoms with van der Waals surface area (Å²) in [6, 6.07) is 15.9. The van der Waals surface area contributed by atoms with Gasteiger partial charge < -0.3 is 20.5 Å². The van der Waals surface area contributed by atoms with Gasteiger partial charge in [0.25, 0.3) is 0 Å². The Hall–Kier alpha value is -3.35. The molecular weight excluding hydrogens is 432 g/mol. The highest BCUT2D eigenvalue weighted by atomic mass is 16.5. The quantitative estimate of drug-likeness (QED) is 0.544. The van der Waals surface area contributed by atoms with E-state index in [1.165, 1.54) is 0 Å². The molecular formula is C27H32N2O5. The summed E-state index contributed by atoms with van der Waals surface area (Å²) in [5, 5.41) is 14.9. The third-order valence-corrected chi connectivity index (χ3v) is 7.37. The number of amides is 2. The summed E-state index contributed by atoms with van der Waals surface area (Å²) >= 11 is 0. The summed E-state index contributed by atoms with van der Waals surface area (Å²) in [5.74, 6) is -1.95. The van der Waals surface area contributed by atoms with Gasteiger partial charge in [-0.25, -0.2) is 4.79 Å². The molecule has 0 spiro atoms. The number of nitrogens with one attached hydrogen (secondary N) is 2. The number of carboxylic acid groups (broad SMARTS) is 1. The minimum Gasteiger partial charge on any atom is -0.481 e. The molecule has 2 unspecified atom stereocenters. The minimum atomic E-state index is -0.796. The highest BCUT2D eigenvalue weighted by Gasteiger charge is 2.34. The molecule has 0 aliphatic heterocycles. The topological polar surface area (TPSA) is 105 Å². The number of hydrogen-bond acceptors (Lipinski definition) is 4. The zero-order valence-electron chi connectivity index (χ0n) is 19.6. The van der Waals surface area contributed by atoms with Crippen LogP contribution in [-0.2, 0) is 14.3 Å². The van der Waals surface area contributed by atoms with Gasteiger partial charge in [-0.2, -0.15) is 0 Å². The largest absolute Gasteiger partial charge is 0.481 e. The van der Waals surface area contributed by atoms with E-state index in [9.17, 15) is 19.5 Å². The lowest BCUT2D eigenvalue weighted by atomic mass is 9.95. The summed E-state index contributed by atoms with van der Waals surface area (Å²) < 4.78 is 5.57. The average molecular weight is 465 g/mol. The molecule has 4 atom stereocenters. The fourth-order valence-electron chi connectivity index (χ4n) is 5.18. The highest BCUT2D eigenvalue weighted by Crippen LogP contribution is 2.44. The molecule has 4 rings (SSSR count). The first-order valence-electron chi connectivity index (χ1n) is 12.0. The second-order valence-corrected chi connectivity index (χ2v) is 9.43. The van der Waals surface area contributed by atoms with Crippen LogP contribution in [0.25, 0.3) is 11.1 Å². The van der Waals surface area contributed by atoms with E-state index in [-0.39, 0.29) is 24.3 Å². The van der Waals surface area contributed by atoms with Crippen molar-refractivity contribution in [1.82, 2.24) is 10.6 Å². The number of carbonyl (C=O) groups excluding carboxylic acids is 2. The Labute approximate surface area is 199 Å². The third-order valence-electron chi connectivity index (χ3n) is 7.37. The first kappa shape index (κ1) is 23.8. The number of alkyl carbamates (subject to hydrolysis) is 1. The van der Waals surface area contributed by atoms with Crippen LogP contribution in [0.5, 0.6) is 0 Å². The van der Waals surface area contributed by atoms with Gasteiger partial charge in [0.05, 0.1) is 11.8 Å². The van der Waals surface area contributed by atoms with Crippen molar-refractivity contribution in [3.05, 3.63) is 59.7 Å². The van der Waals surface area contributed by atoms with E-state index in [1.54, 1.807) is 13.8 Å². The van der Waals surface area contributed by atoms with Gasteiger partial charge >= 0.3 is 12.1 Å². The molecule has 2 aliphatic carbocycles. The highest BCUT2D eigenvalue weighted by molar-refractivity contribution is 5.81. The molecule has 1 fully saturated rings. The van der Waals surface area contributed by atoms with Gasteiger partial charge in [-0.1, -0.05) is 61.9 Å². The van der Waals surface area contributed by atoms with Gasteiger partial charge in [0.1, 0.15) is 6.61 Å². The zero-order valence-corrected chi connectivity index (χ0v) is 19.6. The van der Waals surface area contributed by atoms with Crippen molar-refractivity contribution in [2.75, 3.05) is 13.2 Å². The zero-order chi connectivity index (χ0) is 24.2. The summed E-state index contributed by atoms with van der Waals surface area (Å²) in [6.07, 6.45) is 1.77. The molecule has 34 heavy (non-hydrogen) atoms. The van der Waals surface area contributed by atoms with E-state index in [2.05, 4.69) is 34.9 Å². The number of carboxylic acids is 1. The molecule has 2 aromatic rings. The maximum atomic E-state index is 12.6. The summed E-state index contributed by atoms with van der Waals surface area (Å²) in [6.45, 7) is 4.07. The lowest BCUT2D eigenvalue weighted by molar-refractivity contribution is -0.143. The van der Waals surface area contributed by atoms with Gasteiger partial charge in [0.15, 0.2) is 0 Å². The molecule has 0 heterocycles. The standard InChI is InChI=1S/C27H32N2O5/c1-16(25(30)28-14-18-8-7-13-19(18)26(31)32)17(2)29-27(33)34-15-24-22-11-5-3-9-20(22)21-10-4-6-12-23(21)24/h3-6,9-12,16-19,24H,7-8,13-15H2,1-2H3,(H,28,30)(H,29,33)(H,31,32)/t16?,17?,18-,19-/m1/s1. The van der Waals surface area contributed by atoms with Crippen molar-refractivity contribution < 1.29 is 24.2 Å². The molecule has 0 bridgehead atoms. The fourth-order valence-corrected chi connectivity index (χ4v) is 5.18. The molecule has 0 aromatic heterocycles. The Bertz CT molecular complexity index is 1020. The summed E-state index contributed by atoms with van der Waals surface area (Å²) in [7, 11) is 0. The van der Waals surface area contributed by atoms with Crippen LogP contribution in [0.2, 0.25) is 0 Å². The second-order valence-electron chi connectivity index (χ2n) is 9.43. The summed E-state index contributed by atoms with van der Waals surface area (Å²) in [5.41, 5.74) is 4.61. The van der Waals surface area contributed by atoms with E-state index in [1.807, 2.05) is 24.3 Å². The number of fused-ring (bicyclic) bond motifs is 3. The van der Waals surface area contributed by atoms with E-state index in [4.69, 9.17) is 4.74 Å². The first-order valence-corrected chi connectivity index (χ1v) is 12.0. The molecule has 2 aliphatic rings. The Morgan fingerprint density at radius 1 is 1.00 bits per heavy atom. The van der Waals surface area contributed by atoms with E-state index < -0.39 is 29.9 Å². The first-order chi connectivity index (χ1) is 16.4. The lowest BCUT2D eigenvalue weighted by Gasteiger charge is -2.23. The van der Waals surface area contributed by atoms with Crippen molar-refractivity contribution in [3.63, 3.8) is 0 Å². The smallest absolute Gasteiger partial charge is 0.407 e. The fraction of sp³-hybridized carbons (Fsp3) is 0.444. The Kier molecular flexibility index (Phi) is 7.20. The summed E-state index contributed by atoms with van der Waals surface area (Å²) in [4.78, 5) is 36.4. The van der Waals surface area contributed by atoms with Crippen molar-refractivity contribution in [1.29, 1.82) is 0 Å². The molecule has 7 nitrogen and oxygen atoms in total. The molecule has 2 amide bonds. The van der Waals surface area contributed by atoms with Gasteiger partial charge in [-0.05, 0) is 47.9 Å². The van der Waals surface area contributed by atoms with Crippen LogP contribution in [0, 0.1) is 17.8 Å². The number of carbonyl (C=O) groups is 3. The van der Waals surface area contributed by atoms with Crippen molar-refractivity contribution in [3.8, 4) is 11.1 Å². The monoisotopic (exact) mass is 464 g/mol. The van der Waals surface area contributed by atoms with Crippen LogP contribution in [-0.4, -0.2) is 42.3 Å². The molecule has 180 valence electrons. The van der Waals surface area contributed by atoms with Crippen molar-refractivity contribution >= 4 is 18.0 Å². The Balaban J connectivity index is 1.28. The number of ether oxygens (including phenoxy) is 1. The van der Waals surface area contributed by atoms with Gasteiger partial charge in [0, 0.05) is 18.5 Å². The lowest BCUT2D eigenvalue weighted by Crippen LogP contribution is -2.45. The van der Waals surface area contributed by atoms with E-state index >= 15 is 0 Å². The molecule has 2 aromatic carbocycles. The van der Waals surface area contributed by atoms with Crippen molar-refractivity contribution in [2.45, 2.75) is 45.1 Å². The van der Waals surface area contributed by atoms with E-state index in [0.29, 0.717) is 13.0 Å². The number of rotatable bonds is 8. The number of hydrogen-bond donors (Lipinski definition) is 3. The predicted octanol–water partition coefficient (Wildman–Crippen LogP) is 4.17. The maximum Gasteiger partial charge on any atom is 0.407 e. The van der Waals surface area contributed by atoms with Crippen molar-refractivity contribution in [2.24, 2.45) is 17.8 Å². The molecule has 7 heteroatoms. The van der Waals surface area contributed by atoms with Crippen LogP contribution in [0.4, 0.5) is 4.79 Å². The third kappa shape index (κ3) is 4.93. The number of aliphatic carboxylic acids is 1. The van der Waals surface area contributed by atoms with Gasteiger partial charge in [-0.3, -0.25) is 9.59 Å². The average Bonchev–Trinajstić information content (AvgIpc) is 3.43. The Morgan fingerprint density at radius 2 is 1.62 bits per heavy atom. The molecule has 3 N–H and O–H groups in total. The van der Waals surface area contributed by atoms with Crippen LogP contribution in [0.3, 0.4) is 0 Å². The SMILES string of the molecule is CC(NC(=O)OCC1c2ccccc2-c2ccccc21)C(C)C(=O)NC[C@H]1CCC[C@H]1C(=O)O. The van der Waals surface area contributed by atoms with Gasteiger partial charge in [0.2, 0.25) is 5.91 Å². The normalized spacial score (nSPS) is 20.6. The Morgan fingerprint density at radius 3 is 2.24 bits per heavy atom. The second kappa shape index (κ2) is 10.3. The van der Waals surface area contributed by atoms with Gasteiger partial charge in [-0.15, -0.1) is 0 Å². The maximum absolute atomic E-state index is 12.6. The van der Waals surface area contributed by atoms with E-state index in [0.717, 1.165) is 35.1 Å². The van der Waals surface area contributed by atoms with Crippen LogP contribution in [0.1, 0.15) is 50.2 Å². The van der Waals surface area contributed by atoms with Crippen LogP contribution >= 0.6 is 0 Å². The molecule has 0 saturated heterocycles. The molecule has 0 radical (unpaired) electrons. The minimum absolute atomic E-state index is 0.0252. The van der Waals surface area contributed by atoms with Crippen LogP contribution in [0.15, 0.2) is 48.5 Å². The molecule has 1 saturated carbocycles. The number of benzene rings is 2. The predicted molar refractivity (Wildman–Crippen MR) is 128 cm³/mol.